The van der Waals surface area contributed by atoms with Gasteiger partial charge in [-0.25, -0.2) is 8.42 Å². The number of nitrogens with zero attached hydrogens (tertiary/aromatic N) is 2. The highest BCUT2D eigenvalue weighted by atomic mass is 32.2. The maximum atomic E-state index is 13.7. The fourth-order valence-corrected chi connectivity index (χ4v) is 7.57. The van der Waals surface area contributed by atoms with Gasteiger partial charge in [0, 0.05) is 35.8 Å². The number of carbonyl (C=O) groups is 2. The Labute approximate surface area is 191 Å². The monoisotopic (exact) mass is 461 g/mol. The largest absolute Gasteiger partial charge is 0.350 e. The van der Waals surface area contributed by atoms with Crippen LogP contribution in [0.1, 0.15) is 70.2 Å². The summed E-state index contributed by atoms with van der Waals surface area (Å²) < 4.78 is 29.0. The molecule has 2 aliphatic rings. The summed E-state index contributed by atoms with van der Waals surface area (Å²) in [7, 11) is -3.83. The maximum absolute atomic E-state index is 13.7. The number of hydrogen-bond acceptors (Lipinski definition) is 4. The molecule has 32 heavy (non-hydrogen) atoms. The highest BCUT2D eigenvalue weighted by Gasteiger charge is 2.51. The molecule has 0 aliphatic carbocycles. The zero-order chi connectivity index (χ0) is 23.7. The molecule has 8 heteroatoms. The van der Waals surface area contributed by atoms with Crippen LogP contribution in [0.4, 0.5) is 0 Å². The van der Waals surface area contributed by atoms with Crippen LogP contribution in [0.15, 0.2) is 41.8 Å². The van der Waals surface area contributed by atoms with Crippen molar-refractivity contribution in [2.75, 3.05) is 13.1 Å². The fraction of sp³-hybridized carbons (Fsp3) is 0.583. The molecule has 1 N–H and O–H groups in total. The highest BCUT2D eigenvalue weighted by molar-refractivity contribution is 7.89. The molecule has 0 atom stereocenters. The fourth-order valence-electron chi connectivity index (χ4n) is 5.43. The maximum Gasteiger partial charge on any atom is 0.253 e. The number of nitrogens with one attached hydrogen (secondary N) is 1. The molecule has 7 nitrogen and oxygen atoms in total. The van der Waals surface area contributed by atoms with Crippen LogP contribution in [-0.4, -0.2) is 59.6 Å². The van der Waals surface area contributed by atoms with Gasteiger partial charge >= 0.3 is 0 Å². The van der Waals surface area contributed by atoms with Crippen LogP contribution in [0.25, 0.3) is 0 Å². The second-order valence-corrected chi connectivity index (χ2v) is 11.9. The van der Waals surface area contributed by atoms with Gasteiger partial charge in [-0.15, -0.1) is 0 Å². The van der Waals surface area contributed by atoms with E-state index in [1.165, 1.54) is 18.2 Å². The zero-order valence-electron chi connectivity index (χ0n) is 19.6. The Morgan fingerprint density at radius 3 is 2.03 bits per heavy atom. The van der Waals surface area contributed by atoms with E-state index in [-0.39, 0.29) is 22.8 Å². The summed E-state index contributed by atoms with van der Waals surface area (Å²) in [5.41, 5.74) is -0.931. The second kappa shape index (κ2) is 8.98. The van der Waals surface area contributed by atoms with Crippen molar-refractivity contribution in [2.45, 2.75) is 81.8 Å². The first-order chi connectivity index (χ1) is 14.9. The van der Waals surface area contributed by atoms with Crippen LogP contribution in [0, 0.1) is 0 Å². The second-order valence-electron chi connectivity index (χ2n) is 10.1. The van der Waals surface area contributed by atoms with Crippen molar-refractivity contribution >= 4 is 21.8 Å². The summed E-state index contributed by atoms with van der Waals surface area (Å²) in [6, 6.07) is 6.14. The summed E-state index contributed by atoms with van der Waals surface area (Å²) in [5, 5.41) is 2.92. The Bertz CT molecular complexity index is 959. The van der Waals surface area contributed by atoms with Gasteiger partial charge in [0.25, 0.3) is 5.91 Å². The number of hydrogen-bond donors (Lipinski definition) is 1. The Balaban J connectivity index is 1.85. The van der Waals surface area contributed by atoms with Crippen molar-refractivity contribution in [1.29, 1.82) is 0 Å². The van der Waals surface area contributed by atoms with Gasteiger partial charge in [-0.1, -0.05) is 6.58 Å². The normalized spacial score (nSPS) is 21.7. The predicted octanol–water partition coefficient (Wildman–Crippen LogP) is 3.33. The van der Waals surface area contributed by atoms with Crippen LogP contribution in [0.5, 0.6) is 0 Å². The molecule has 2 aliphatic heterocycles. The summed E-state index contributed by atoms with van der Waals surface area (Å²) in [4.78, 5) is 26.6. The lowest BCUT2D eigenvalue weighted by molar-refractivity contribution is -0.118. The van der Waals surface area contributed by atoms with E-state index in [0.717, 1.165) is 32.4 Å². The lowest BCUT2D eigenvalue weighted by Crippen LogP contribution is -2.65. The highest BCUT2D eigenvalue weighted by Crippen LogP contribution is 2.42. The summed E-state index contributed by atoms with van der Waals surface area (Å²) in [5.74, 6) is -0.306. The number of piperidine rings is 2. The molecule has 0 spiro atoms. The van der Waals surface area contributed by atoms with Gasteiger partial charge in [-0.2, -0.15) is 4.31 Å². The Morgan fingerprint density at radius 1 is 1.00 bits per heavy atom. The van der Waals surface area contributed by atoms with Crippen LogP contribution < -0.4 is 5.32 Å². The van der Waals surface area contributed by atoms with Crippen LogP contribution >= 0.6 is 0 Å². The Kier molecular flexibility index (Phi) is 6.86. The topological polar surface area (TPSA) is 86.8 Å². The van der Waals surface area contributed by atoms with Crippen LogP contribution in [-0.2, 0) is 14.8 Å². The standard InChI is InChI=1S/C24H35N3O4S/c1-6-21(28)25-19-16-23(2,3)27(24(4,5)17-19)32(30,31)20-12-10-18(11-13-20)22(29)26-14-8-7-9-15-26/h6,10-13,19H,1,7-9,14-17H2,2-5H3,(H,25,28). The molecule has 2 fully saturated rings. The molecular weight excluding hydrogens is 426 g/mol. The van der Waals surface area contributed by atoms with E-state index in [9.17, 15) is 18.0 Å². The molecule has 2 saturated heterocycles. The average Bonchev–Trinajstić information content (AvgIpc) is 2.71. The van der Waals surface area contributed by atoms with E-state index < -0.39 is 21.1 Å². The molecule has 3 rings (SSSR count). The molecule has 2 amide bonds. The molecular formula is C24H35N3O4S. The molecule has 1 aromatic carbocycles. The third-order valence-corrected chi connectivity index (χ3v) is 8.74. The number of carbonyl (C=O) groups excluding carboxylic acids is 2. The van der Waals surface area contributed by atoms with E-state index in [1.807, 2.05) is 32.6 Å². The number of likely N-dealkylation sites (tertiary alicyclic amines) is 1. The number of rotatable bonds is 5. The first kappa shape index (κ1) is 24.5. The lowest BCUT2D eigenvalue weighted by Gasteiger charge is -2.53. The molecule has 0 bridgehead atoms. The van der Waals surface area contributed by atoms with E-state index in [2.05, 4.69) is 11.9 Å². The summed E-state index contributed by atoms with van der Waals surface area (Å²) >= 11 is 0. The minimum atomic E-state index is -3.83. The van der Waals surface area contributed by atoms with Crippen molar-refractivity contribution in [2.24, 2.45) is 0 Å². The van der Waals surface area contributed by atoms with Crippen LogP contribution in [0.2, 0.25) is 0 Å². The van der Waals surface area contributed by atoms with Gasteiger partial charge in [0.2, 0.25) is 15.9 Å². The number of benzene rings is 1. The van der Waals surface area contributed by atoms with Gasteiger partial charge in [0.15, 0.2) is 0 Å². The Hall–Kier alpha value is -2.19. The van der Waals surface area contributed by atoms with Gasteiger partial charge in [0.1, 0.15) is 0 Å². The molecule has 1 aromatic rings. The number of amides is 2. The first-order valence-electron chi connectivity index (χ1n) is 11.3. The van der Waals surface area contributed by atoms with E-state index >= 15 is 0 Å². The van der Waals surface area contributed by atoms with E-state index in [1.54, 1.807) is 16.4 Å². The minimum absolute atomic E-state index is 0.0481. The van der Waals surface area contributed by atoms with Crippen molar-refractivity contribution in [1.82, 2.24) is 14.5 Å². The molecule has 0 unspecified atom stereocenters. The van der Waals surface area contributed by atoms with Crippen molar-refractivity contribution < 1.29 is 18.0 Å². The van der Waals surface area contributed by atoms with Gasteiger partial charge < -0.3 is 10.2 Å². The first-order valence-corrected chi connectivity index (χ1v) is 12.7. The molecule has 176 valence electrons. The van der Waals surface area contributed by atoms with Gasteiger partial charge in [0.05, 0.1) is 4.90 Å². The quantitative estimate of drug-likeness (QED) is 0.682. The third kappa shape index (κ3) is 4.91. The summed E-state index contributed by atoms with van der Waals surface area (Å²) in [6.07, 6.45) is 5.36. The molecule has 0 aromatic heterocycles. The lowest BCUT2D eigenvalue weighted by atomic mass is 9.79. The number of sulfonamides is 1. The molecule has 2 heterocycles. The smallest absolute Gasteiger partial charge is 0.253 e. The molecule has 0 radical (unpaired) electrons. The van der Waals surface area contributed by atoms with Crippen LogP contribution in [0.3, 0.4) is 0 Å². The predicted molar refractivity (Wildman–Crippen MR) is 125 cm³/mol. The minimum Gasteiger partial charge on any atom is -0.350 e. The van der Waals surface area contributed by atoms with Crippen molar-refractivity contribution in [3.8, 4) is 0 Å². The van der Waals surface area contributed by atoms with E-state index in [0.29, 0.717) is 18.4 Å². The van der Waals surface area contributed by atoms with Crippen molar-refractivity contribution in [3.05, 3.63) is 42.5 Å². The summed E-state index contributed by atoms with van der Waals surface area (Å²) in [6.45, 7) is 12.5. The SMILES string of the molecule is C=CC(=O)NC1CC(C)(C)N(S(=O)(=O)c2ccc(C(=O)N3CCCCC3)cc2)C(C)(C)C1. The molecule has 0 saturated carbocycles. The Morgan fingerprint density at radius 2 is 1.53 bits per heavy atom. The van der Waals surface area contributed by atoms with Gasteiger partial charge in [-0.3, -0.25) is 9.59 Å². The zero-order valence-corrected chi connectivity index (χ0v) is 20.4. The van der Waals surface area contributed by atoms with Gasteiger partial charge in [-0.05, 0) is 90.1 Å². The average molecular weight is 462 g/mol. The van der Waals surface area contributed by atoms with Crippen molar-refractivity contribution in [3.63, 3.8) is 0 Å². The van der Waals surface area contributed by atoms with E-state index in [4.69, 9.17) is 0 Å². The third-order valence-electron chi connectivity index (χ3n) is 6.41.